The van der Waals surface area contributed by atoms with Crippen LogP contribution in [0.15, 0.2) is 0 Å². The standard InChI is InChI=1S/C8H16O3S/c1-3-4-7(12)8(9)11-6-5-10-2/h7,12H,3-6H2,1-2H3. The largest absolute Gasteiger partial charge is 0.462 e. The zero-order valence-corrected chi connectivity index (χ0v) is 8.47. The van der Waals surface area contributed by atoms with Crippen LogP contribution in [-0.4, -0.2) is 31.5 Å². The molecule has 0 aromatic rings. The second-order valence-electron chi connectivity index (χ2n) is 2.46. The van der Waals surface area contributed by atoms with Crippen molar-refractivity contribution in [2.75, 3.05) is 20.3 Å². The molecule has 0 spiro atoms. The van der Waals surface area contributed by atoms with Crippen LogP contribution < -0.4 is 0 Å². The molecule has 0 radical (unpaired) electrons. The summed E-state index contributed by atoms with van der Waals surface area (Å²) in [6, 6.07) is 0. The zero-order chi connectivity index (χ0) is 9.40. The van der Waals surface area contributed by atoms with Gasteiger partial charge in [-0.15, -0.1) is 0 Å². The van der Waals surface area contributed by atoms with Crippen LogP contribution in [0.25, 0.3) is 0 Å². The summed E-state index contributed by atoms with van der Waals surface area (Å²) in [4.78, 5) is 11.1. The normalized spacial score (nSPS) is 12.6. The van der Waals surface area contributed by atoms with Gasteiger partial charge in [0.25, 0.3) is 0 Å². The Morgan fingerprint density at radius 2 is 2.17 bits per heavy atom. The third-order valence-corrected chi connectivity index (χ3v) is 1.83. The number of carbonyl (C=O) groups excluding carboxylic acids is 1. The van der Waals surface area contributed by atoms with E-state index in [1.165, 1.54) is 0 Å². The molecule has 12 heavy (non-hydrogen) atoms. The molecule has 72 valence electrons. The van der Waals surface area contributed by atoms with Gasteiger partial charge in [0.15, 0.2) is 0 Å². The van der Waals surface area contributed by atoms with Crippen LogP contribution in [0.1, 0.15) is 19.8 Å². The maximum Gasteiger partial charge on any atom is 0.318 e. The molecule has 0 rings (SSSR count). The summed E-state index contributed by atoms with van der Waals surface area (Å²) >= 11 is 4.09. The first-order chi connectivity index (χ1) is 5.72. The first-order valence-corrected chi connectivity index (χ1v) is 4.57. The number of thiol groups is 1. The molecule has 0 aliphatic rings. The lowest BCUT2D eigenvalue weighted by Crippen LogP contribution is -2.19. The number of methoxy groups -OCH3 is 1. The van der Waals surface area contributed by atoms with E-state index in [-0.39, 0.29) is 11.2 Å². The summed E-state index contributed by atoms with van der Waals surface area (Å²) in [5.41, 5.74) is 0. The number of hydrogen-bond donors (Lipinski definition) is 1. The molecule has 3 nitrogen and oxygen atoms in total. The van der Waals surface area contributed by atoms with Crippen LogP contribution in [0.2, 0.25) is 0 Å². The van der Waals surface area contributed by atoms with Crippen molar-refractivity contribution in [3.63, 3.8) is 0 Å². The second kappa shape index (κ2) is 7.43. The van der Waals surface area contributed by atoms with Gasteiger partial charge in [-0.3, -0.25) is 4.79 Å². The van der Waals surface area contributed by atoms with Gasteiger partial charge in [-0.25, -0.2) is 0 Å². The highest BCUT2D eigenvalue weighted by molar-refractivity contribution is 7.81. The van der Waals surface area contributed by atoms with E-state index in [1.807, 2.05) is 6.92 Å². The fourth-order valence-corrected chi connectivity index (χ4v) is 1.05. The summed E-state index contributed by atoms with van der Waals surface area (Å²) in [5, 5.41) is -0.285. The van der Waals surface area contributed by atoms with Gasteiger partial charge in [0, 0.05) is 7.11 Å². The molecule has 0 bridgehead atoms. The molecule has 0 saturated heterocycles. The van der Waals surface area contributed by atoms with Crippen molar-refractivity contribution in [2.45, 2.75) is 25.0 Å². The smallest absolute Gasteiger partial charge is 0.318 e. The number of rotatable bonds is 6. The molecule has 1 atom stereocenters. The van der Waals surface area contributed by atoms with Crippen molar-refractivity contribution in [3.05, 3.63) is 0 Å². The molecule has 0 aromatic heterocycles. The average molecular weight is 192 g/mol. The predicted octanol–water partition coefficient (Wildman–Crippen LogP) is 1.27. The molecular weight excluding hydrogens is 176 g/mol. The first kappa shape index (κ1) is 11.8. The molecular formula is C8H16O3S. The monoisotopic (exact) mass is 192 g/mol. The summed E-state index contributed by atoms with van der Waals surface area (Å²) < 4.78 is 9.59. The molecule has 0 fully saturated rings. The Morgan fingerprint density at radius 3 is 2.67 bits per heavy atom. The van der Waals surface area contributed by atoms with Gasteiger partial charge in [-0.2, -0.15) is 12.6 Å². The molecule has 0 heterocycles. The van der Waals surface area contributed by atoms with Gasteiger partial charge in [0.1, 0.15) is 6.61 Å². The van der Waals surface area contributed by atoms with Gasteiger partial charge in [-0.1, -0.05) is 13.3 Å². The molecule has 0 amide bonds. The van der Waals surface area contributed by atoms with E-state index in [1.54, 1.807) is 7.11 Å². The Kier molecular flexibility index (Phi) is 7.29. The lowest BCUT2D eigenvalue weighted by molar-refractivity contribution is -0.144. The summed E-state index contributed by atoms with van der Waals surface area (Å²) in [7, 11) is 1.57. The Balaban J connectivity index is 3.43. The fraction of sp³-hybridized carbons (Fsp3) is 0.875. The van der Waals surface area contributed by atoms with Crippen LogP contribution in [0, 0.1) is 0 Å². The fourth-order valence-electron chi connectivity index (χ4n) is 0.713. The first-order valence-electron chi connectivity index (χ1n) is 4.06. The number of ether oxygens (including phenoxy) is 2. The van der Waals surface area contributed by atoms with Crippen molar-refractivity contribution in [2.24, 2.45) is 0 Å². The van der Waals surface area contributed by atoms with Crippen molar-refractivity contribution < 1.29 is 14.3 Å². The van der Waals surface area contributed by atoms with E-state index in [0.29, 0.717) is 13.2 Å². The number of hydrogen-bond acceptors (Lipinski definition) is 4. The van der Waals surface area contributed by atoms with Crippen molar-refractivity contribution in [3.8, 4) is 0 Å². The highest BCUT2D eigenvalue weighted by Crippen LogP contribution is 2.06. The summed E-state index contributed by atoms with van der Waals surface area (Å²) in [6.45, 7) is 2.76. The molecule has 1 unspecified atom stereocenters. The van der Waals surface area contributed by atoms with E-state index in [2.05, 4.69) is 12.6 Å². The number of carbonyl (C=O) groups is 1. The lowest BCUT2D eigenvalue weighted by Gasteiger charge is -2.08. The summed E-state index contributed by atoms with van der Waals surface area (Å²) in [6.07, 6.45) is 1.70. The summed E-state index contributed by atoms with van der Waals surface area (Å²) in [5.74, 6) is -0.253. The van der Waals surface area contributed by atoms with E-state index in [0.717, 1.165) is 12.8 Å². The predicted molar refractivity (Wildman–Crippen MR) is 50.5 cm³/mol. The van der Waals surface area contributed by atoms with Crippen LogP contribution in [-0.2, 0) is 14.3 Å². The molecule has 4 heteroatoms. The zero-order valence-electron chi connectivity index (χ0n) is 7.58. The maximum absolute atomic E-state index is 11.1. The van der Waals surface area contributed by atoms with E-state index >= 15 is 0 Å². The van der Waals surface area contributed by atoms with Crippen LogP contribution >= 0.6 is 12.6 Å². The highest BCUT2D eigenvalue weighted by atomic mass is 32.1. The molecule has 0 aliphatic carbocycles. The van der Waals surface area contributed by atoms with Gasteiger partial charge in [0.05, 0.1) is 11.9 Å². The van der Waals surface area contributed by atoms with E-state index in [9.17, 15) is 4.79 Å². The van der Waals surface area contributed by atoms with Crippen molar-refractivity contribution >= 4 is 18.6 Å². The van der Waals surface area contributed by atoms with Gasteiger partial charge in [0.2, 0.25) is 0 Å². The molecule has 0 aliphatic heterocycles. The SMILES string of the molecule is CCCC(S)C(=O)OCCOC. The Hall–Kier alpha value is -0.220. The third-order valence-electron chi connectivity index (χ3n) is 1.37. The van der Waals surface area contributed by atoms with Crippen LogP contribution in [0.4, 0.5) is 0 Å². The van der Waals surface area contributed by atoms with Crippen LogP contribution in [0.3, 0.4) is 0 Å². The molecule has 0 saturated carbocycles. The quantitative estimate of drug-likeness (QED) is 0.391. The topological polar surface area (TPSA) is 35.5 Å². The minimum atomic E-state index is -0.285. The Labute approximate surface area is 78.8 Å². The molecule has 0 N–H and O–H groups in total. The van der Waals surface area contributed by atoms with E-state index in [4.69, 9.17) is 9.47 Å². The third kappa shape index (κ3) is 5.43. The Morgan fingerprint density at radius 1 is 1.50 bits per heavy atom. The molecule has 0 aromatic carbocycles. The number of esters is 1. The minimum absolute atomic E-state index is 0.253. The van der Waals surface area contributed by atoms with Gasteiger partial charge >= 0.3 is 5.97 Å². The van der Waals surface area contributed by atoms with Crippen molar-refractivity contribution in [1.29, 1.82) is 0 Å². The second-order valence-corrected chi connectivity index (χ2v) is 3.09. The minimum Gasteiger partial charge on any atom is -0.462 e. The van der Waals surface area contributed by atoms with E-state index < -0.39 is 0 Å². The van der Waals surface area contributed by atoms with Crippen molar-refractivity contribution in [1.82, 2.24) is 0 Å². The highest BCUT2D eigenvalue weighted by Gasteiger charge is 2.13. The van der Waals surface area contributed by atoms with Gasteiger partial charge < -0.3 is 9.47 Å². The average Bonchev–Trinajstić information content (AvgIpc) is 2.05. The maximum atomic E-state index is 11.1. The Bertz CT molecular complexity index is 127. The van der Waals surface area contributed by atoms with Gasteiger partial charge in [-0.05, 0) is 6.42 Å². The lowest BCUT2D eigenvalue weighted by atomic mass is 10.2. The van der Waals surface area contributed by atoms with Crippen LogP contribution in [0.5, 0.6) is 0 Å².